The van der Waals surface area contributed by atoms with Crippen LogP contribution in [0.15, 0.2) is 23.1 Å². The number of aliphatic hydroxyl groups excluding tert-OH is 1. The normalized spacial score (nSPS) is 10.7. The Hall–Kier alpha value is -1.95. The van der Waals surface area contributed by atoms with Gasteiger partial charge in [-0.1, -0.05) is 11.8 Å². The first-order valence-electron chi connectivity index (χ1n) is 5.87. The monoisotopic (exact) mass is 314 g/mol. The Morgan fingerprint density at radius 2 is 2.10 bits per heavy atom. The summed E-state index contributed by atoms with van der Waals surface area (Å²) in [5.74, 6) is 3.37. The van der Waals surface area contributed by atoms with Crippen LogP contribution in [0.2, 0.25) is 0 Å². The Morgan fingerprint density at radius 3 is 2.62 bits per heavy atom. The first-order valence-corrected chi connectivity index (χ1v) is 7.35. The van der Waals surface area contributed by atoms with Crippen LogP contribution in [0.1, 0.15) is 5.56 Å². The Labute approximate surface area is 122 Å². The number of likely N-dealkylation sites (N-methyl/N-ethyl adjacent to an activating group) is 1. The van der Waals surface area contributed by atoms with Crippen molar-refractivity contribution in [3.05, 3.63) is 29.6 Å². The minimum Gasteiger partial charge on any atom is -0.384 e. The Morgan fingerprint density at radius 1 is 1.43 bits per heavy atom. The fourth-order valence-electron chi connectivity index (χ4n) is 1.30. The number of nitrogens with one attached hydrogen (secondary N) is 1. The van der Waals surface area contributed by atoms with E-state index in [-0.39, 0.29) is 10.5 Å². The molecule has 0 atom stereocenters. The van der Waals surface area contributed by atoms with E-state index in [1.165, 1.54) is 31.1 Å². The van der Waals surface area contributed by atoms with Crippen LogP contribution >= 0.6 is 0 Å². The van der Waals surface area contributed by atoms with Crippen molar-refractivity contribution in [2.75, 3.05) is 27.2 Å². The molecule has 0 fully saturated rings. The molecule has 1 aromatic rings. The third-order valence-corrected chi connectivity index (χ3v) is 3.86. The molecular formula is C13H15FN2O4S. The van der Waals surface area contributed by atoms with Gasteiger partial charge in [0.1, 0.15) is 12.4 Å². The van der Waals surface area contributed by atoms with Gasteiger partial charge in [-0.2, -0.15) is 0 Å². The summed E-state index contributed by atoms with van der Waals surface area (Å²) in [7, 11) is -1.00. The molecule has 0 bridgehead atoms. The maximum Gasteiger partial charge on any atom is 0.241 e. The zero-order valence-electron chi connectivity index (χ0n) is 11.6. The molecule has 0 spiro atoms. The standard InChI is InChI=1S/C13H15FN2O4S/c1-16(2)13(18)9-15-21(19,20)11-6-5-10(4-3-7-17)12(14)8-11/h5-6,8,15,17H,7,9H2,1-2H3. The van der Waals surface area contributed by atoms with E-state index in [9.17, 15) is 17.6 Å². The average Bonchev–Trinajstić information content (AvgIpc) is 2.43. The van der Waals surface area contributed by atoms with Crippen LogP contribution < -0.4 is 4.72 Å². The van der Waals surface area contributed by atoms with Crippen molar-refractivity contribution in [1.29, 1.82) is 0 Å². The molecule has 0 aliphatic heterocycles. The van der Waals surface area contributed by atoms with Crippen molar-refractivity contribution >= 4 is 15.9 Å². The minimum atomic E-state index is -3.98. The minimum absolute atomic E-state index is 0.0210. The second-order valence-electron chi connectivity index (χ2n) is 4.21. The van der Waals surface area contributed by atoms with Gasteiger partial charge in [0.05, 0.1) is 17.0 Å². The van der Waals surface area contributed by atoms with Crippen LogP contribution in [0.25, 0.3) is 0 Å². The predicted molar refractivity (Wildman–Crippen MR) is 74.2 cm³/mol. The molecule has 0 unspecified atom stereocenters. The number of aliphatic hydroxyl groups is 1. The summed E-state index contributed by atoms with van der Waals surface area (Å²) < 4.78 is 39.6. The highest BCUT2D eigenvalue weighted by Crippen LogP contribution is 2.14. The summed E-state index contributed by atoms with van der Waals surface area (Å²) in [5, 5.41) is 8.53. The van der Waals surface area contributed by atoms with Crippen LogP contribution in [-0.2, 0) is 14.8 Å². The van der Waals surface area contributed by atoms with E-state index in [4.69, 9.17) is 5.11 Å². The maximum absolute atomic E-state index is 13.7. The lowest BCUT2D eigenvalue weighted by Crippen LogP contribution is -2.36. The van der Waals surface area contributed by atoms with E-state index in [1.54, 1.807) is 0 Å². The summed E-state index contributed by atoms with van der Waals surface area (Å²) in [6, 6.07) is 3.18. The number of halogens is 1. The van der Waals surface area contributed by atoms with Crippen molar-refractivity contribution in [1.82, 2.24) is 9.62 Å². The largest absolute Gasteiger partial charge is 0.384 e. The number of sulfonamides is 1. The molecule has 1 aromatic carbocycles. The molecule has 0 radical (unpaired) electrons. The first-order chi connectivity index (χ1) is 9.77. The molecule has 1 amide bonds. The number of amides is 1. The second-order valence-corrected chi connectivity index (χ2v) is 5.98. The van der Waals surface area contributed by atoms with Gasteiger partial charge in [0.2, 0.25) is 15.9 Å². The van der Waals surface area contributed by atoms with Gasteiger partial charge in [-0.15, -0.1) is 0 Å². The lowest BCUT2D eigenvalue weighted by atomic mass is 10.2. The van der Waals surface area contributed by atoms with Crippen LogP contribution in [0, 0.1) is 17.7 Å². The van der Waals surface area contributed by atoms with Crippen molar-refractivity contribution in [2.45, 2.75) is 4.90 Å². The van der Waals surface area contributed by atoms with Crippen molar-refractivity contribution in [2.24, 2.45) is 0 Å². The number of rotatable bonds is 4. The fourth-order valence-corrected chi connectivity index (χ4v) is 2.28. The van der Waals surface area contributed by atoms with E-state index in [0.29, 0.717) is 0 Å². The highest BCUT2D eigenvalue weighted by molar-refractivity contribution is 7.89. The summed E-state index contributed by atoms with van der Waals surface area (Å²) in [4.78, 5) is 12.3. The van der Waals surface area contributed by atoms with Gasteiger partial charge < -0.3 is 10.0 Å². The molecular weight excluding hydrogens is 299 g/mol. The molecule has 6 nitrogen and oxygen atoms in total. The van der Waals surface area contributed by atoms with Crippen LogP contribution in [0.3, 0.4) is 0 Å². The molecule has 21 heavy (non-hydrogen) atoms. The number of nitrogens with zero attached hydrogens (tertiary/aromatic N) is 1. The maximum atomic E-state index is 13.7. The zero-order valence-corrected chi connectivity index (χ0v) is 12.4. The Balaban J connectivity index is 2.94. The fraction of sp³-hybridized carbons (Fsp3) is 0.308. The van der Waals surface area contributed by atoms with Crippen LogP contribution in [0.4, 0.5) is 4.39 Å². The van der Waals surface area contributed by atoms with E-state index in [2.05, 4.69) is 16.6 Å². The molecule has 1 rings (SSSR count). The van der Waals surface area contributed by atoms with Gasteiger partial charge in [-0.05, 0) is 18.2 Å². The van der Waals surface area contributed by atoms with E-state index in [1.807, 2.05) is 0 Å². The lowest BCUT2D eigenvalue weighted by molar-refractivity contribution is -0.127. The molecule has 114 valence electrons. The van der Waals surface area contributed by atoms with Gasteiger partial charge in [0.25, 0.3) is 0 Å². The van der Waals surface area contributed by atoms with E-state index >= 15 is 0 Å². The first kappa shape index (κ1) is 17.1. The summed E-state index contributed by atoms with van der Waals surface area (Å²) in [6.07, 6.45) is 0. The highest BCUT2D eigenvalue weighted by Gasteiger charge is 2.17. The molecule has 0 heterocycles. The Bertz CT molecular complexity index is 690. The quantitative estimate of drug-likeness (QED) is 0.736. The predicted octanol–water partition coefficient (Wildman–Crippen LogP) is -0.464. The van der Waals surface area contributed by atoms with Gasteiger partial charge >= 0.3 is 0 Å². The van der Waals surface area contributed by atoms with Crippen molar-refractivity contribution < 1.29 is 22.7 Å². The average molecular weight is 314 g/mol. The van der Waals surface area contributed by atoms with Crippen LogP contribution in [-0.4, -0.2) is 51.6 Å². The summed E-state index contributed by atoms with van der Waals surface area (Å²) in [6.45, 7) is -0.837. The molecule has 8 heteroatoms. The van der Waals surface area contributed by atoms with Crippen LogP contribution in [0.5, 0.6) is 0 Å². The van der Waals surface area contributed by atoms with E-state index < -0.39 is 34.9 Å². The molecule has 0 saturated carbocycles. The smallest absolute Gasteiger partial charge is 0.241 e. The summed E-state index contributed by atoms with van der Waals surface area (Å²) in [5.41, 5.74) is -0.0210. The van der Waals surface area contributed by atoms with E-state index in [0.717, 1.165) is 6.07 Å². The second kappa shape index (κ2) is 7.17. The number of carbonyl (C=O) groups excluding carboxylic acids is 1. The lowest BCUT2D eigenvalue weighted by Gasteiger charge is -2.11. The molecule has 0 saturated heterocycles. The third kappa shape index (κ3) is 4.82. The van der Waals surface area contributed by atoms with Gasteiger partial charge in [-0.3, -0.25) is 4.79 Å². The molecule has 2 N–H and O–H groups in total. The molecule has 0 aliphatic carbocycles. The van der Waals surface area contributed by atoms with Gasteiger partial charge in [-0.25, -0.2) is 17.5 Å². The number of carbonyl (C=O) groups is 1. The van der Waals surface area contributed by atoms with Gasteiger partial charge in [0.15, 0.2) is 0 Å². The zero-order chi connectivity index (χ0) is 16.0. The molecule has 0 aliphatic rings. The van der Waals surface area contributed by atoms with Crippen molar-refractivity contribution in [3.8, 4) is 11.8 Å². The van der Waals surface area contributed by atoms with Gasteiger partial charge in [0, 0.05) is 14.1 Å². The number of benzene rings is 1. The Kier molecular flexibility index (Phi) is 5.84. The third-order valence-electron chi connectivity index (χ3n) is 2.47. The number of hydrogen-bond acceptors (Lipinski definition) is 4. The van der Waals surface area contributed by atoms with Crippen molar-refractivity contribution in [3.63, 3.8) is 0 Å². The molecule has 0 aromatic heterocycles. The topological polar surface area (TPSA) is 86.7 Å². The summed E-state index contributed by atoms with van der Waals surface area (Å²) >= 11 is 0. The SMILES string of the molecule is CN(C)C(=O)CNS(=O)(=O)c1ccc(C#CCO)c(F)c1. The highest BCUT2D eigenvalue weighted by atomic mass is 32.2. The number of hydrogen-bond donors (Lipinski definition) is 2.